The number of hydrogen-bond acceptors (Lipinski definition) is 2. The molecule has 0 bridgehead atoms. The van der Waals surface area contributed by atoms with Crippen LogP contribution in [0.1, 0.15) is 40.6 Å². The summed E-state index contributed by atoms with van der Waals surface area (Å²) in [6, 6.07) is 42.7. The zero-order chi connectivity index (χ0) is 20.2. The molecule has 4 aromatic rings. The van der Waals surface area contributed by atoms with E-state index in [2.05, 4.69) is 126 Å². The Morgan fingerprint density at radius 2 is 1.00 bits per heavy atom. The molecule has 2 heteroatoms. The molecule has 1 aliphatic rings. The van der Waals surface area contributed by atoms with Crippen LogP contribution in [0.3, 0.4) is 0 Å². The van der Waals surface area contributed by atoms with Crippen molar-refractivity contribution in [3.8, 4) is 0 Å². The van der Waals surface area contributed by atoms with Gasteiger partial charge in [-0.1, -0.05) is 121 Å². The number of ether oxygens (including phenoxy) is 1. The van der Waals surface area contributed by atoms with Crippen LogP contribution in [0.5, 0.6) is 0 Å². The SMILES string of the molecule is c1ccc(CN2[C@H](c3ccccc3)[C@H](c3ccccc3)O[C@H]2c2ccccc2)cc1. The summed E-state index contributed by atoms with van der Waals surface area (Å²) >= 11 is 0. The van der Waals surface area contributed by atoms with Crippen LogP contribution >= 0.6 is 0 Å². The molecule has 0 saturated carbocycles. The smallest absolute Gasteiger partial charge is 0.138 e. The first-order chi connectivity index (χ1) is 14.9. The lowest BCUT2D eigenvalue weighted by Gasteiger charge is -2.29. The van der Waals surface area contributed by atoms with E-state index in [1.54, 1.807) is 0 Å². The van der Waals surface area contributed by atoms with Gasteiger partial charge >= 0.3 is 0 Å². The van der Waals surface area contributed by atoms with Gasteiger partial charge in [0.2, 0.25) is 0 Å². The fourth-order valence-electron chi connectivity index (χ4n) is 4.39. The second-order valence-corrected chi connectivity index (χ2v) is 7.74. The Kier molecular flexibility index (Phi) is 5.43. The summed E-state index contributed by atoms with van der Waals surface area (Å²) in [5, 5.41) is 0. The van der Waals surface area contributed by atoms with E-state index in [9.17, 15) is 0 Å². The van der Waals surface area contributed by atoms with Crippen molar-refractivity contribution < 1.29 is 4.74 Å². The third-order valence-corrected chi connectivity index (χ3v) is 5.78. The molecule has 1 aliphatic heterocycles. The number of rotatable bonds is 5. The van der Waals surface area contributed by atoms with Gasteiger partial charge in [-0.3, -0.25) is 4.90 Å². The largest absolute Gasteiger partial charge is 0.349 e. The Labute approximate surface area is 178 Å². The molecule has 5 rings (SSSR count). The lowest BCUT2D eigenvalue weighted by molar-refractivity contribution is -0.00521. The van der Waals surface area contributed by atoms with Crippen molar-refractivity contribution in [2.75, 3.05) is 0 Å². The second-order valence-electron chi connectivity index (χ2n) is 7.74. The van der Waals surface area contributed by atoms with Gasteiger partial charge in [0.1, 0.15) is 12.3 Å². The highest BCUT2D eigenvalue weighted by Crippen LogP contribution is 2.50. The molecule has 2 nitrogen and oxygen atoms in total. The van der Waals surface area contributed by atoms with Crippen molar-refractivity contribution >= 4 is 0 Å². The van der Waals surface area contributed by atoms with Crippen molar-refractivity contribution in [3.05, 3.63) is 144 Å². The molecule has 30 heavy (non-hydrogen) atoms. The maximum Gasteiger partial charge on any atom is 0.138 e. The summed E-state index contributed by atoms with van der Waals surface area (Å²) < 4.78 is 6.81. The Morgan fingerprint density at radius 3 is 1.57 bits per heavy atom. The summed E-state index contributed by atoms with van der Waals surface area (Å²) in [6.07, 6.45) is -0.149. The topological polar surface area (TPSA) is 12.5 Å². The van der Waals surface area contributed by atoms with Crippen LogP contribution in [0.25, 0.3) is 0 Å². The van der Waals surface area contributed by atoms with E-state index < -0.39 is 0 Å². The molecule has 3 atom stereocenters. The molecule has 0 aliphatic carbocycles. The van der Waals surface area contributed by atoms with Gasteiger partial charge in [-0.15, -0.1) is 0 Å². The first-order valence-corrected chi connectivity index (χ1v) is 10.5. The van der Waals surface area contributed by atoms with E-state index in [0.717, 1.165) is 6.54 Å². The highest BCUT2D eigenvalue weighted by molar-refractivity contribution is 5.31. The second kappa shape index (κ2) is 8.66. The molecule has 0 amide bonds. The third-order valence-electron chi connectivity index (χ3n) is 5.78. The van der Waals surface area contributed by atoms with E-state index in [-0.39, 0.29) is 18.4 Å². The Hall–Kier alpha value is -3.20. The van der Waals surface area contributed by atoms with E-state index in [1.165, 1.54) is 22.3 Å². The van der Waals surface area contributed by atoms with Crippen molar-refractivity contribution in [1.29, 1.82) is 0 Å². The zero-order valence-electron chi connectivity index (χ0n) is 16.8. The van der Waals surface area contributed by atoms with Gasteiger partial charge in [-0.25, -0.2) is 0 Å². The van der Waals surface area contributed by atoms with Gasteiger partial charge in [0.25, 0.3) is 0 Å². The Morgan fingerprint density at radius 1 is 0.533 bits per heavy atom. The van der Waals surface area contributed by atoms with Crippen LogP contribution in [-0.4, -0.2) is 4.90 Å². The minimum atomic E-state index is -0.109. The Bertz CT molecular complexity index is 1050. The van der Waals surface area contributed by atoms with Crippen LogP contribution < -0.4 is 0 Å². The number of benzene rings is 4. The average molecular weight is 392 g/mol. The molecular formula is C28H25NO. The quantitative estimate of drug-likeness (QED) is 0.375. The molecule has 0 spiro atoms. The fourth-order valence-corrected chi connectivity index (χ4v) is 4.39. The minimum absolute atomic E-state index is 0.0393. The van der Waals surface area contributed by atoms with Crippen LogP contribution in [0.15, 0.2) is 121 Å². The summed E-state index contributed by atoms with van der Waals surface area (Å²) in [5.41, 5.74) is 4.97. The first kappa shape index (κ1) is 18.8. The van der Waals surface area contributed by atoms with Crippen LogP contribution in [0, 0.1) is 0 Å². The van der Waals surface area contributed by atoms with Crippen molar-refractivity contribution in [2.24, 2.45) is 0 Å². The average Bonchev–Trinajstić information content (AvgIpc) is 3.20. The molecule has 1 saturated heterocycles. The van der Waals surface area contributed by atoms with Gasteiger partial charge in [-0.2, -0.15) is 0 Å². The molecule has 0 N–H and O–H groups in total. The third kappa shape index (κ3) is 3.80. The lowest BCUT2D eigenvalue weighted by Crippen LogP contribution is -2.27. The first-order valence-electron chi connectivity index (χ1n) is 10.5. The molecule has 0 radical (unpaired) electrons. The summed E-state index contributed by atoms with van der Waals surface area (Å²) in [4.78, 5) is 2.50. The maximum atomic E-state index is 6.81. The predicted molar refractivity (Wildman–Crippen MR) is 121 cm³/mol. The fraction of sp³-hybridized carbons (Fsp3) is 0.143. The zero-order valence-corrected chi connectivity index (χ0v) is 16.8. The highest BCUT2D eigenvalue weighted by atomic mass is 16.5. The number of hydrogen-bond donors (Lipinski definition) is 0. The number of nitrogens with zero attached hydrogens (tertiary/aromatic N) is 1. The molecule has 0 aromatic heterocycles. The van der Waals surface area contributed by atoms with Crippen molar-refractivity contribution in [2.45, 2.75) is 24.9 Å². The molecule has 1 fully saturated rings. The summed E-state index contributed by atoms with van der Waals surface area (Å²) in [7, 11) is 0. The molecular weight excluding hydrogens is 366 g/mol. The van der Waals surface area contributed by atoms with E-state index in [1.807, 2.05) is 0 Å². The highest BCUT2D eigenvalue weighted by Gasteiger charge is 2.44. The van der Waals surface area contributed by atoms with Gasteiger partial charge in [0, 0.05) is 6.54 Å². The van der Waals surface area contributed by atoms with Crippen LogP contribution in [0.2, 0.25) is 0 Å². The van der Waals surface area contributed by atoms with Gasteiger partial charge in [0.05, 0.1) is 6.04 Å². The van der Waals surface area contributed by atoms with Crippen molar-refractivity contribution in [1.82, 2.24) is 4.90 Å². The summed E-state index contributed by atoms with van der Waals surface area (Å²) in [5.74, 6) is 0. The van der Waals surface area contributed by atoms with Crippen LogP contribution in [0.4, 0.5) is 0 Å². The molecule has 0 unspecified atom stereocenters. The maximum absolute atomic E-state index is 6.81. The van der Waals surface area contributed by atoms with Gasteiger partial charge in [0.15, 0.2) is 0 Å². The standard InChI is InChI=1S/C28H25NO/c1-5-13-22(14-6-1)21-29-26(23-15-7-2-8-16-23)27(24-17-9-3-10-18-24)30-28(29)25-19-11-4-12-20-25/h1-20,26-28H,21H2/t26-,27+,28+/m1/s1. The lowest BCUT2D eigenvalue weighted by atomic mass is 9.95. The Balaban J connectivity index is 1.62. The van der Waals surface area contributed by atoms with Gasteiger partial charge < -0.3 is 4.74 Å². The molecule has 1 heterocycles. The predicted octanol–water partition coefficient (Wildman–Crippen LogP) is 6.70. The van der Waals surface area contributed by atoms with Gasteiger partial charge in [-0.05, 0) is 22.3 Å². The van der Waals surface area contributed by atoms with E-state index in [4.69, 9.17) is 4.74 Å². The van der Waals surface area contributed by atoms with E-state index >= 15 is 0 Å². The molecule has 148 valence electrons. The van der Waals surface area contributed by atoms with E-state index in [0.29, 0.717) is 0 Å². The minimum Gasteiger partial charge on any atom is -0.349 e. The van der Waals surface area contributed by atoms with Crippen molar-refractivity contribution in [3.63, 3.8) is 0 Å². The normalized spacial score (nSPS) is 21.5. The van der Waals surface area contributed by atoms with Crippen LogP contribution in [-0.2, 0) is 11.3 Å². The molecule has 4 aromatic carbocycles. The monoisotopic (exact) mass is 391 g/mol. The summed E-state index contributed by atoms with van der Waals surface area (Å²) in [6.45, 7) is 0.823.